The highest BCUT2D eigenvalue weighted by Crippen LogP contribution is 2.43. The number of hydrogen-bond donors (Lipinski definition) is 0. The maximum atomic E-state index is 13.6. The normalized spacial score (nSPS) is 23.3. The van der Waals surface area contributed by atoms with Crippen molar-refractivity contribution in [3.8, 4) is 5.75 Å². The third kappa shape index (κ3) is 3.95. The number of halogens is 1. The topological polar surface area (TPSA) is 30.9 Å². The van der Waals surface area contributed by atoms with Crippen LogP contribution in [-0.4, -0.2) is 37.6 Å². The lowest BCUT2D eigenvalue weighted by molar-refractivity contribution is -0.105. The average Bonchev–Trinajstić information content (AvgIpc) is 3.17. The molecule has 2 aliphatic rings. The van der Waals surface area contributed by atoms with E-state index < -0.39 is 5.72 Å². The Hall–Kier alpha value is -2.99. The van der Waals surface area contributed by atoms with E-state index in [4.69, 9.17) is 14.2 Å². The van der Waals surface area contributed by atoms with E-state index in [9.17, 15) is 4.39 Å². The lowest BCUT2D eigenvalue weighted by atomic mass is 9.97. The van der Waals surface area contributed by atoms with Gasteiger partial charge in [0.2, 0.25) is 0 Å². The summed E-state index contributed by atoms with van der Waals surface area (Å²) in [4.78, 5) is 2.32. The molecule has 0 N–H and O–H groups in total. The summed E-state index contributed by atoms with van der Waals surface area (Å²) in [7, 11) is 1.68. The molecule has 2 heterocycles. The minimum Gasteiger partial charge on any atom is -0.496 e. The summed E-state index contributed by atoms with van der Waals surface area (Å²) in [6.45, 7) is 2.10. The largest absolute Gasteiger partial charge is 0.496 e. The van der Waals surface area contributed by atoms with Gasteiger partial charge in [-0.2, -0.15) is 0 Å². The van der Waals surface area contributed by atoms with Gasteiger partial charge in [-0.15, -0.1) is 0 Å². The fourth-order valence-corrected chi connectivity index (χ4v) is 4.62. The van der Waals surface area contributed by atoms with Crippen molar-refractivity contribution in [3.63, 3.8) is 0 Å². The summed E-state index contributed by atoms with van der Waals surface area (Å²) in [6.07, 6.45) is 2.18. The molecule has 0 saturated carbocycles. The highest BCUT2D eigenvalue weighted by molar-refractivity contribution is 5.72. The quantitative estimate of drug-likeness (QED) is 0.554. The highest BCUT2D eigenvalue weighted by Gasteiger charge is 2.48. The number of ether oxygens (including phenoxy) is 3. The van der Waals surface area contributed by atoms with E-state index in [0.29, 0.717) is 26.4 Å². The van der Waals surface area contributed by atoms with Gasteiger partial charge in [0.25, 0.3) is 0 Å². The Morgan fingerprint density at radius 1 is 1.00 bits per heavy atom. The minimum atomic E-state index is -0.719. The maximum Gasteiger partial charge on any atom is 0.165 e. The van der Waals surface area contributed by atoms with Gasteiger partial charge in [-0.1, -0.05) is 60.7 Å². The summed E-state index contributed by atoms with van der Waals surface area (Å²) in [6, 6.07) is 25.0. The fraction of sp³-hybridized carbons (Fsp3) is 0.259. The first-order chi connectivity index (χ1) is 15.7. The summed E-state index contributed by atoms with van der Waals surface area (Å²) < 4.78 is 31.8. The van der Waals surface area contributed by atoms with Crippen LogP contribution in [0.4, 0.5) is 4.39 Å². The summed E-state index contributed by atoms with van der Waals surface area (Å²) in [5.74, 6) is 0.568. The molecule has 0 radical (unpaired) electrons. The number of nitrogens with zero attached hydrogens (tertiary/aromatic N) is 1. The molecule has 3 aromatic carbocycles. The van der Waals surface area contributed by atoms with Gasteiger partial charge in [0.15, 0.2) is 5.72 Å². The van der Waals surface area contributed by atoms with Crippen LogP contribution in [-0.2, 0) is 16.0 Å². The van der Waals surface area contributed by atoms with E-state index in [1.807, 2.05) is 54.6 Å². The lowest BCUT2D eigenvalue weighted by Crippen LogP contribution is -2.49. The van der Waals surface area contributed by atoms with Gasteiger partial charge in [-0.3, -0.25) is 4.90 Å². The van der Waals surface area contributed by atoms with Crippen LogP contribution in [0.15, 0.2) is 84.9 Å². The molecule has 0 aromatic heterocycles. The molecule has 5 rings (SSSR count). The zero-order valence-corrected chi connectivity index (χ0v) is 18.0. The molecule has 1 spiro atoms. The van der Waals surface area contributed by atoms with Crippen LogP contribution >= 0.6 is 0 Å². The average molecular weight is 432 g/mol. The Labute approximate surface area is 187 Å². The molecule has 0 amide bonds. The van der Waals surface area contributed by atoms with Crippen LogP contribution in [0.1, 0.15) is 22.7 Å². The third-order valence-corrected chi connectivity index (χ3v) is 6.22. The van der Waals surface area contributed by atoms with Gasteiger partial charge in [-0.25, -0.2) is 4.39 Å². The molecule has 5 heteroatoms. The molecule has 2 atom stereocenters. The van der Waals surface area contributed by atoms with Crippen LogP contribution in [0.5, 0.6) is 5.75 Å². The number of para-hydroxylation sites is 1. The SMILES string of the molecule is COc1ccccc1C1=CC2(COC1)OC[C@H](c1ccc(F)cc1)N2Cc1ccccc1. The molecule has 1 unspecified atom stereocenters. The van der Waals surface area contributed by atoms with E-state index >= 15 is 0 Å². The number of benzene rings is 3. The van der Waals surface area contributed by atoms with Crippen molar-refractivity contribution in [1.29, 1.82) is 0 Å². The van der Waals surface area contributed by atoms with Crippen LogP contribution in [0.25, 0.3) is 5.57 Å². The summed E-state index contributed by atoms with van der Waals surface area (Å²) >= 11 is 0. The fourth-order valence-electron chi connectivity index (χ4n) is 4.62. The van der Waals surface area contributed by atoms with Crippen molar-refractivity contribution >= 4 is 5.57 Å². The third-order valence-electron chi connectivity index (χ3n) is 6.22. The second-order valence-corrected chi connectivity index (χ2v) is 8.20. The highest BCUT2D eigenvalue weighted by atomic mass is 19.1. The van der Waals surface area contributed by atoms with Crippen LogP contribution in [0.2, 0.25) is 0 Å². The molecule has 1 saturated heterocycles. The van der Waals surface area contributed by atoms with Crippen LogP contribution in [0, 0.1) is 5.82 Å². The Balaban J connectivity index is 1.56. The molecule has 2 aliphatic heterocycles. The summed E-state index contributed by atoms with van der Waals surface area (Å²) in [5, 5.41) is 0. The van der Waals surface area contributed by atoms with E-state index in [1.165, 1.54) is 17.7 Å². The molecule has 32 heavy (non-hydrogen) atoms. The Morgan fingerprint density at radius 2 is 1.75 bits per heavy atom. The second kappa shape index (κ2) is 8.87. The van der Waals surface area contributed by atoms with Crippen molar-refractivity contribution in [3.05, 3.63) is 107 Å². The van der Waals surface area contributed by atoms with E-state index in [-0.39, 0.29) is 11.9 Å². The van der Waals surface area contributed by atoms with Crippen molar-refractivity contribution in [2.45, 2.75) is 18.3 Å². The van der Waals surface area contributed by atoms with E-state index in [0.717, 1.165) is 22.4 Å². The van der Waals surface area contributed by atoms with E-state index in [2.05, 4.69) is 23.1 Å². The minimum absolute atomic E-state index is 0.0207. The molecule has 0 aliphatic carbocycles. The molecule has 0 bridgehead atoms. The van der Waals surface area contributed by atoms with Crippen LogP contribution < -0.4 is 4.74 Å². The first-order valence-corrected chi connectivity index (χ1v) is 10.8. The molecule has 4 nitrogen and oxygen atoms in total. The predicted octanol–water partition coefficient (Wildman–Crippen LogP) is 5.22. The first-order valence-electron chi connectivity index (χ1n) is 10.8. The zero-order valence-electron chi connectivity index (χ0n) is 18.0. The van der Waals surface area contributed by atoms with Gasteiger partial charge in [0.1, 0.15) is 11.6 Å². The molecule has 164 valence electrons. The van der Waals surface area contributed by atoms with Gasteiger partial charge in [-0.05, 0) is 41.0 Å². The van der Waals surface area contributed by atoms with Crippen LogP contribution in [0.3, 0.4) is 0 Å². The van der Waals surface area contributed by atoms with E-state index in [1.54, 1.807) is 7.11 Å². The number of hydrogen-bond acceptors (Lipinski definition) is 4. The van der Waals surface area contributed by atoms with Gasteiger partial charge in [0, 0.05) is 12.1 Å². The Morgan fingerprint density at radius 3 is 2.53 bits per heavy atom. The van der Waals surface area contributed by atoms with Crippen molar-refractivity contribution < 1.29 is 18.6 Å². The molecular weight excluding hydrogens is 405 g/mol. The summed E-state index contributed by atoms with van der Waals surface area (Å²) in [5.41, 5.74) is 3.52. The number of methoxy groups -OCH3 is 1. The predicted molar refractivity (Wildman–Crippen MR) is 122 cm³/mol. The molecule has 1 fully saturated rings. The maximum absolute atomic E-state index is 13.6. The van der Waals surface area contributed by atoms with Crippen molar-refractivity contribution in [1.82, 2.24) is 4.90 Å². The Bertz CT molecular complexity index is 1100. The molecular formula is C27H26FNO3. The van der Waals surface area contributed by atoms with Crippen molar-refractivity contribution in [2.75, 3.05) is 26.9 Å². The lowest BCUT2D eigenvalue weighted by Gasteiger charge is -2.40. The first kappa shape index (κ1) is 20.9. The smallest absolute Gasteiger partial charge is 0.165 e. The number of rotatable bonds is 5. The molecule has 3 aromatic rings. The second-order valence-electron chi connectivity index (χ2n) is 8.20. The van der Waals surface area contributed by atoms with Gasteiger partial charge >= 0.3 is 0 Å². The monoisotopic (exact) mass is 431 g/mol. The standard InChI is InChI=1S/C27H26FNO3/c1-30-26-10-6-5-9-24(26)22-15-27(19-31-17-22)29(16-20-7-3-2-4-8-20)25(18-32-27)21-11-13-23(28)14-12-21/h2-15,25H,16-19H2,1H3/t25-,27?/m1/s1. The zero-order chi connectivity index (χ0) is 22.0. The van der Waals surface area contributed by atoms with Gasteiger partial charge in [0.05, 0.1) is 33.0 Å². The Kier molecular flexibility index (Phi) is 5.79. The van der Waals surface area contributed by atoms with Crippen molar-refractivity contribution in [2.24, 2.45) is 0 Å². The van der Waals surface area contributed by atoms with Gasteiger partial charge < -0.3 is 14.2 Å².